The zero-order valence-electron chi connectivity index (χ0n) is 7.26. The molecule has 0 rings (SSSR count). The topological polar surface area (TPSA) is 26.3 Å². The predicted molar refractivity (Wildman–Crippen MR) is 48.9 cm³/mol. The molecule has 0 aromatic heterocycles. The lowest BCUT2D eigenvalue weighted by molar-refractivity contribution is -0.145. The van der Waals surface area contributed by atoms with Crippen molar-refractivity contribution in [3.63, 3.8) is 0 Å². The molecule has 2 nitrogen and oxygen atoms in total. The van der Waals surface area contributed by atoms with Crippen molar-refractivity contribution in [1.82, 2.24) is 0 Å². The van der Waals surface area contributed by atoms with E-state index in [4.69, 9.17) is 4.74 Å². The monoisotopic (exact) mass is 222 g/mol. The van der Waals surface area contributed by atoms with E-state index in [1.807, 2.05) is 6.92 Å². The fourth-order valence-corrected chi connectivity index (χ4v) is 1.41. The minimum atomic E-state index is -0.210. The van der Waals surface area contributed by atoms with Crippen molar-refractivity contribution >= 4 is 21.9 Å². The van der Waals surface area contributed by atoms with E-state index in [0.29, 0.717) is 0 Å². The molecule has 0 N–H and O–H groups in total. The van der Waals surface area contributed by atoms with Crippen LogP contribution in [0.25, 0.3) is 0 Å². The molecule has 0 heterocycles. The maximum absolute atomic E-state index is 10.5. The van der Waals surface area contributed by atoms with Crippen LogP contribution in [0.5, 0.6) is 0 Å². The predicted octanol–water partition coefficient (Wildman–Crippen LogP) is 2.50. The third-order valence-corrected chi connectivity index (χ3v) is 2.63. The van der Waals surface area contributed by atoms with E-state index in [-0.39, 0.29) is 16.9 Å². The Hall–Kier alpha value is -0.0500. The molecule has 0 bridgehead atoms. The molecule has 0 radical (unpaired) electrons. The summed E-state index contributed by atoms with van der Waals surface area (Å²) in [5.74, 6) is -0.210. The van der Waals surface area contributed by atoms with Crippen LogP contribution in [0.2, 0.25) is 0 Å². The van der Waals surface area contributed by atoms with Gasteiger partial charge in [-0.15, -0.1) is 0 Å². The van der Waals surface area contributed by atoms with Gasteiger partial charge in [0, 0.05) is 6.92 Å². The van der Waals surface area contributed by atoms with Crippen LogP contribution in [0.4, 0.5) is 0 Å². The molecule has 2 atom stereocenters. The lowest BCUT2D eigenvalue weighted by Gasteiger charge is -2.16. The lowest BCUT2D eigenvalue weighted by Crippen LogP contribution is -2.22. The maximum atomic E-state index is 10.5. The van der Waals surface area contributed by atoms with Gasteiger partial charge in [-0.2, -0.15) is 0 Å². The Morgan fingerprint density at radius 1 is 1.64 bits per heavy atom. The van der Waals surface area contributed by atoms with E-state index >= 15 is 0 Å². The van der Waals surface area contributed by atoms with Crippen LogP contribution in [0.15, 0.2) is 0 Å². The Labute approximate surface area is 76.4 Å². The number of hydrogen-bond donors (Lipinski definition) is 0. The second-order valence-corrected chi connectivity index (χ2v) is 3.80. The highest BCUT2D eigenvalue weighted by molar-refractivity contribution is 9.09. The Balaban J connectivity index is 3.63. The summed E-state index contributed by atoms with van der Waals surface area (Å²) in [6, 6.07) is 0. The van der Waals surface area contributed by atoms with Crippen molar-refractivity contribution in [1.29, 1.82) is 0 Å². The summed E-state index contributed by atoms with van der Waals surface area (Å²) in [7, 11) is 0. The number of carbonyl (C=O) groups excluding carboxylic acids is 1. The zero-order chi connectivity index (χ0) is 8.85. The summed E-state index contributed by atoms with van der Waals surface area (Å²) in [6.07, 6.45) is 2.11. The highest BCUT2D eigenvalue weighted by atomic mass is 79.9. The highest BCUT2D eigenvalue weighted by Gasteiger charge is 2.14. The van der Waals surface area contributed by atoms with Crippen LogP contribution in [0.3, 0.4) is 0 Å². The van der Waals surface area contributed by atoms with E-state index in [0.717, 1.165) is 12.8 Å². The fraction of sp³-hybridized carbons (Fsp3) is 0.875. The molecule has 0 saturated carbocycles. The molecule has 0 amide bonds. The van der Waals surface area contributed by atoms with E-state index in [9.17, 15) is 4.79 Å². The summed E-state index contributed by atoms with van der Waals surface area (Å²) < 4.78 is 4.98. The van der Waals surface area contributed by atoms with Crippen molar-refractivity contribution in [3.8, 4) is 0 Å². The number of carbonyl (C=O) groups is 1. The number of rotatable bonds is 4. The highest BCUT2D eigenvalue weighted by Crippen LogP contribution is 2.14. The van der Waals surface area contributed by atoms with Gasteiger partial charge in [-0.1, -0.05) is 29.3 Å². The Kier molecular flexibility index (Phi) is 5.56. The Bertz CT molecular complexity index is 125. The fourth-order valence-electron chi connectivity index (χ4n) is 0.846. The van der Waals surface area contributed by atoms with Gasteiger partial charge in [0.1, 0.15) is 6.10 Å². The van der Waals surface area contributed by atoms with Crippen LogP contribution < -0.4 is 0 Å². The molecule has 0 aliphatic heterocycles. The first kappa shape index (κ1) is 11.0. The second kappa shape index (κ2) is 5.58. The van der Waals surface area contributed by atoms with E-state index in [1.54, 1.807) is 0 Å². The van der Waals surface area contributed by atoms with Gasteiger partial charge < -0.3 is 4.74 Å². The number of halogens is 1. The van der Waals surface area contributed by atoms with Crippen molar-refractivity contribution < 1.29 is 9.53 Å². The molecular weight excluding hydrogens is 208 g/mol. The van der Waals surface area contributed by atoms with Crippen LogP contribution in [-0.2, 0) is 9.53 Å². The van der Waals surface area contributed by atoms with Crippen molar-refractivity contribution in [3.05, 3.63) is 0 Å². The normalized spacial score (nSPS) is 15.6. The Morgan fingerprint density at radius 2 is 2.18 bits per heavy atom. The van der Waals surface area contributed by atoms with Crippen molar-refractivity contribution in [2.24, 2.45) is 0 Å². The standard InChI is InChI=1S/C8H15BrO2/c1-4-5-8(9)6(2)11-7(3)10/h6,8H,4-5H2,1-3H3/t6-,8+/m1/s1. The number of hydrogen-bond acceptors (Lipinski definition) is 2. The molecule has 0 unspecified atom stereocenters. The molecule has 0 spiro atoms. The Morgan fingerprint density at radius 3 is 2.55 bits per heavy atom. The molecule has 66 valence electrons. The van der Waals surface area contributed by atoms with E-state index < -0.39 is 0 Å². The van der Waals surface area contributed by atoms with Crippen molar-refractivity contribution in [2.75, 3.05) is 0 Å². The van der Waals surface area contributed by atoms with Gasteiger partial charge in [0.25, 0.3) is 0 Å². The molecule has 0 saturated heterocycles. The van der Waals surface area contributed by atoms with E-state index in [2.05, 4.69) is 22.9 Å². The molecular formula is C8H15BrO2. The first-order valence-corrected chi connectivity index (χ1v) is 4.80. The van der Waals surface area contributed by atoms with Crippen molar-refractivity contribution in [2.45, 2.75) is 44.5 Å². The van der Waals surface area contributed by atoms with Crippen LogP contribution in [0.1, 0.15) is 33.6 Å². The maximum Gasteiger partial charge on any atom is 0.302 e. The third kappa shape index (κ3) is 5.24. The van der Waals surface area contributed by atoms with E-state index in [1.165, 1.54) is 6.92 Å². The van der Waals surface area contributed by atoms with Crippen LogP contribution in [-0.4, -0.2) is 16.9 Å². The number of alkyl halides is 1. The largest absolute Gasteiger partial charge is 0.462 e. The molecule has 0 aliphatic rings. The first-order chi connectivity index (χ1) is 5.07. The zero-order valence-corrected chi connectivity index (χ0v) is 8.85. The van der Waals surface area contributed by atoms with Crippen LogP contribution >= 0.6 is 15.9 Å². The molecule has 0 aromatic rings. The smallest absolute Gasteiger partial charge is 0.302 e. The molecule has 0 aliphatic carbocycles. The quantitative estimate of drug-likeness (QED) is 0.540. The summed E-state index contributed by atoms with van der Waals surface area (Å²) >= 11 is 3.45. The van der Waals surface area contributed by atoms with Gasteiger partial charge in [0.05, 0.1) is 4.83 Å². The van der Waals surface area contributed by atoms with Gasteiger partial charge in [0.2, 0.25) is 0 Å². The van der Waals surface area contributed by atoms with Crippen LogP contribution in [0, 0.1) is 0 Å². The molecule has 11 heavy (non-hydrogen) atoms. The first-order valence-electron chi connectivity index (χ1n) is 3.89. The average Bonchev–Trinajstić information content (AvgIpc) is 1.86. The minimum absolute atomic E-state index is 0.0209. The van der Waals surface area contributed by atoms with Gasteiger partial charge >= 0.3 is 5.97 Å². The molecule has 3 heteroatoms. The molecule has 0 fully saturated rings. The number of ether oxygens (including phenoxy) is 1. The summed E-state index contributed by atoms with van der Waals surface area (Å²) in [4.78, 5) is 10.8. The second-order valence-electron chi connectivity index (χ2n) is 2.62. The van der Waals surface area contributed by atoms with Gasteiger partial charge in [-0.3, -0.25) is 4.79 Å². The SMILES string of the molecule is CCC[C@H](Br)[C@@H](C)OC(C)=O. The summed E-state index contributed by atoms with van der Waals surface area (Å²) in [5, 5.41) is 0. The van der Waals surface area contributed by atoms with Gasteiger partial charge in [-0.05, 0) is 13.3 Å². The third-order valence-electron chi connectivity index (χ3n) is 1.43. The minimum Gasteiger partial charge on any atom is -0.462 e. The summed E-state index contributed by atoms with van der Waals surface area (Å²) in [6.45, 7) is 5.44. The van der Waals surface area contributed by atoms with Gasteiger partial charge in [-0.25, -0.2) is 0 Å². The van der Waals surface area contributed by atoms with Gasteiger partial charge in [0.15, 0.2) is 0 Å². The molecule has 0 aromatic carbocycles. The average molecular weight is 223 g/mol. The summed E-state index contributed by atoms with van der Waals surface area (Å²) in [5.41, 5.74) is 0. The lowest BCUT2D eigenvalue weighted by atomic mass is 10.2. The number of esters is 1.